The molecule has 0 bridgehead atoms. The van der Waals surface area contributed by atoms with E-state index in [1.165, 1.54) is 6.20 Å². The van der Waals surface area contributed by atoms with E-state index in [1.807, 2.05) is 45.8 Å². The van der Waals surface area contributed by atoms with Crippen LogP contribution in [0.2, 0.25) is 5.02 Å². The number of carbonyl (C=O) groups is 1. The normalized spacial score (nSPS) is 15.7. The van der Waals surface area contributed by atoms with Gasteiger partial charge in [-0.2, -0.15) is 0 Å². The van der Waals surface area contributed by atoms with Crippen molar-refractivity contribution in [1.82, 2.24) is 9.88 Å². The van der Waals surface area contributed by atoms with Gasteiger partial charge in [-0.3, -0.25) is 4.98 Å². The van der Waals surface area contributed by atoms with Gasteiger partial charge in [0.1, 0.15) is 23.9 Å². The number of hydrogen-bond donors (Lipinski definition) is 0. The molecule has 6 nitrogen and oxygen atoms in total. The van der Waals surface area contributed by atoms with Gasteiger partial charge < -0.3 is 14.4 Å². The van der Waals surface area contributed by atoms with Crippen LogP contribution in [0.1, 0.15) is 50.6 Å². The number of fused-ring (bicyclic) bond motifs is 1. The Morgan fingerprint density at radius 3 is 2.68 bits per heavy atom. The summed E-state index contributed by atoms with van der Waals surface area (Å²) in [5.74, 6) is 2.46. The van der Waals surface area contributed by atoms with E-state index in [2.05, 4.69) is 20.9 Å². The zero-order valence-electron chi connectivity index (χ0n) is 17.9. The van der Waals surface area contributed by atoms with Crippen LogP contribution in [0.3, 0.4) is 0 Å². The van der Waals surface area contributed by atoms with E-state index in [4.69, 9.17) is 21.1 Å². The van der Waals surface area contributed by atoms with Crippen molar-refractivity contribution in [2.75, 3.05) is 13.2 Å². The Balaban J connectivity index is 1.80. The molecule has 0 radical (unpaired) electrons. The maximum atomic E-state index is 12.7. The fraction of sp³-hybridized carbons (Fsp3) is 0.391. The number of benzene rings is 1. The highest BCUT2D eigenvalue weighted by Crippen LogP contribution is 2.40. The zero-order valence-corrected chi connectivity index (χ0v) is 20.2. The summed E-state index contributed by atoms with van der Waals surface area (Å²) >= 11 is 9.50. The van der Waals surface area contributed by atoms with Gasteiger partial charge in [0.2, 0.25) is 0 Å². The maximum absolute atomic E-state index is 12.7. The van der Waals surface area contributed by atoms with Crippen LogP contribution in [0.5, 0.6) is 5.75 Å². The van der Waals surface area contributed by atoms with Crippen LogP contribution in [0.15, 0.2) is 34.9 Å². The fourth-order valence-corrected chi connectivity index (χ4v) is 4.36. The molecule has 2 heterocycles. The third-order valence-electron chi connectivity index (χ3n) is 4.90. The van der Waals surface area contributed by atoms with Gasteiger partial charge in [0, 0.05) is 12.7 Å². The summed E-state index contributed by atoms with van der Waals surface area (Å²) in [5.41, 5.74) is 2.28. The molecule has 1 aliphatic heterocycles. The van der Waals surface area contributed by atoms with Crippen molar-refractivity contribution in [3.63, 3.8) is 0 Å². The molecule has 164 valence electrons. The number of aromatic nitrogens is 1. The second-order valence-electron chi connectivity index (χ2n) is 8.28. The van der Waals surface area contributed by atoms with Gasteiger partial charge in [-0.05, 0) is 79.4 Å². The minimum atomic E-state index is -0.563. The fourth-order valence-electron chi connectivity index (χ4n) is 3.41. The Morgan fingerprint density at radius 2 is 2.06 bits per heavy atom. The third kappa shape index (κ3) is 5.48. The van der Waals surface area contributed by atoms with Gasteiger partial charge in [0.15, 0.2) is 0 Å². The van der Waals surface area contributed by atoms with Crippen LogP contribution in [0.4, 0.5) is 4.79 Å². The van der Waals surface area contributed by atoms with Crippen molar-refractivity contribution < 1.29 is 19.1 Å². The van der Waals surface area contributed by atoms with E-state index in [0.29, 0.717) is 29.4 Å². The number of carbonyl (C=O) groups excluding carboxylic acids is 2. The van der Waals surface area contributed by atoms with Gasteiger partial charge in [-0.1, -0.05) is 17.7 Å². The quantitative estimate of drug-likeness (QED) is 0.501. The number of rotatable bonds is 4. The first-order valence-electron chi connectivity index (χ1n) is 9.90. The molecule has 0 aliphatic carbocycles. The highest BCUT2D eigenvalue weighted by Gasteiger charge is 2.33. The van der Waals surface area contributed by atoms with E-state index in [-0.39, 0.29) is 24.3 Å². The minimum Gasteiger partial charge on any atom is -0.487 e. The standard InChI is InChI=1S/C23H24BrClN2O4/c1-14-20-15(9-10-27(14)22(29)31-23(2,3)4)5-8-19(21(20)24)30-13-16(12-28)18-7-6-17(25)11-26-18/h5-8,11,14H,9-10,13H2,1-4H3. The predicted molar refractivity (Wildman–Crippen MR) is 123 cm³/mol. The van der Waals surface area contributed by atoms with E-state index in [9.17, 15) is 9.59 Å². The third-order valence-corrected chi connectivity index (χ3v) is 5.94. The average molecular weight is 508 g/mol. The lowest BCUT2D eigenvalue weighted by Crippen LogP contribution is -2.42. The van der Waals surface area contributed by atoms with Crippen molar-refractivity contribution in [2.45, 2.75) is 45.8 Å². The number of ether oxygens (including phenoxy) is 2. The molecule has 0 spiro atoms. The summed E-state index contributed by atoms with van der Waals surface area (Å²) in [6.07, 6.45) is 1.84. The van der Waals surface area contributed by atoms with E-state index < -0.39 is 5.60 Å². The Labute approximate surface area is 195 Å². The summed E-state index contributed by atoms with van der Waals surface area (Å²) in [4.78, 5) is 30.0. The number of amides is 1. The van der Waals surface area contributed by atoms with Crippen molar-refractivity contribution >= 4 is 45.1 Å². The molecule has 1 unspecified atom stereocenters. The SMILES string of the molecule is CC1c2c(ccc(OCC(=C=O)c3ccc(Cl)cn3)c2Br)CCN1C(=O)OC(C)(C)C. The molecule has 0 fully saturated rings. The molecule has 0 saturated heterocycles. The van der Waals surface area contributed by atoms with Gasteiger partial charge in [-0.25, -0.2) is 9.59 Å². The first kappa shape index (κ1) is 23.3. The molecule has 1 aromatic heterocycles. The molecule has 1 aromatic carbocycles. The summed E-state index contributed by atoms with van der Waals surface area (Å²) in [5, 5.41) is 0.482. The molecule has 1 atom stereocenters. The monoisotopic (exact) mass is 506 g/mol. The van der Waals surface area contributed by atoms with Crippen LogP contribution in [0.25, 0.3) is 5.57 Å². The van der Waals surface area contributed by atoms with Crippen LogP contribution in [0, 0.1) is 0 Å². The van der Waals surface area contributed by atoms with Gasteiger partial charge >= 0.3 is 6.09 Å². The second kappa shape index (κ2) is 9.43. The van der Waals surface area contributed by atoms with Crippen LogP contribution >= 0.6 is 27.5 Å². The van der Waals surface area contributed by atoms with Crippen molar-refractivity contribution in [3.8, 4) is 5.75 Å². The molecular weight excluding hydrogens is 484 g/mol. The van der Waals surface area contributed by atoms with E-state index >= 15 is 0 Å². The zero-order chi connectivity index (χ0) is 22.8. The Morgan fingerprint density at radius 1 is 1.32 bits per heavy atom. The molecule has 2 aromatic rings. The topological polar surface area (TPSA) is 68.7 Å². The molecular formula is C23H24BrClN2O4. The van der Waals surface area contributed by atoms with Crippen LogP contribution in [-0.4, -0.2) is 40.7 Å². The summed E-state index contributed by atoms with van der Waals surface area (Å²) in [6.45, 7) is 8.09. The lowest BCUT2D eigenvalue weighted by molar-refractivity contribution is 0.0158. The lowest BCUT2D eigenvalue weighted by Gasteiger charge is -2.37. The Kier molecular flexibility index (Phi) is 7.10. The summed E-state index contributed by atoms with van der Waals surface area (Å²) in [7, 11) is 0. The summed E-state index contributed by atoms with van der Waals surface area (Å²) < 4.78 is 12.2. The number of halogens is 2. The first-order chi connectivity index (χ1) is 14.6. The molecule has 1 aliphatic rings. The highest BCUT2D eigenvalue weighted by molar-refractivity contribution is 9.10. The maximum Gasteiger partial charge on any atom is 0.410 e. The number of nitrogens with zero attached hydrogens (tertiary/aromatic N) is 2. The highest BCUT2D eigenvalue weighted by atomic mass is 79.9. The van der Waals surface area contributed by atoms with Gasteiger partial charge in [0.05, 0.1) is 26.8 Å². The van der Waals surface area contributed by atoms with Crippen LogP contribution < -0.4 is 4.74 Å². The summed E-state index contributed by atoms with van der Waals surface area (Å²) in [6, 6.07) is 6.95. The first-order valence-corrected chi connectivity index (χ1v) is 11.1. The van der Waals surface area contributed by atoms with E-state index in [1.54, 1.807) is 17.0 Å². The predicted octanol–water partition coefficient (Wildman–Crippen LogP) is 5.65. The second-order valence-corrected chi connectivity index (χ2v) is 9.51. The molecule has 0 saturated carbocycles. The smallest absolute Gasteiger partial charge is 0.410 e. The minimum absolute atomic E-state index is 0.000317. The molecule has 0 N–H and O–H groups in total. The lowest BCUT2D eigenvalue weighted by atomic mass is 9.93. The molecule has 8 heteroatoms. The van der Waals surface area contributed by atoms with Crippen molar-refractivity contribution in [3.05, 3.63) is 56.8 Å². The molecule has 31 heavy (non-hydrogen) atoms. The van der Waals surface area contributed by atoms with Crippen LogP contribution in [-0.2, 0) is 16.0 Å². The average Bonchev–Trinajstić information content (AvgIpc) is 2.69. The van der Waals surface area contributed by atoms with Gasteiger partial charge in [-0.15, -0.1) is 0 Å². The van der Waals surface area contributed by atoms with Crippen molar-refractivity contribution in [2.24, 2.45) is 0 Å². The largest absolute Gasteiger partial charge is 0.487 e. The van der Waals surface area contributed by atoms with Gasteiger partial charge in [0.25, 0.3) is 0 Å². The van der Waals surface area contributed by atoms with Crippen molar-refractivity contribution in [1.29, 1.82) is 0 Å². The Bertz CT molecular complexity index is 1030. The number of hydrogen-bond acceptors (Lipinski definition) is 5. The Hall–Kier alpha value is -2.34. The molecule has 1 amide bonds. The number of pyridine rings is 1. The van der Waals surface area contributed by atoms with E-state index in [0.717, 1.165) is 15.6 Å². The molecule has 3 rings (SSSR count).